The number of anilines is 1. The minimum atomic E-state index is -1.45. The van der Waals surface area contributed by atoms with Crippen molar-refractivity contribution in [3.05, 3.63) is 64.5 Å². The Kier molecular flexibility index (Phi) is 6.00. The summed E-state index contributed by atoms with van der Waals surface area (Å²) in [6, 6.07) is 3.73. The van der Waals surface area contributed by atoms with Crippen molar-refractivity contribution in [2.75, 3.05) is 5.32 Å². The zero-order valence-corrected chi connectivity index (χ0v) is 20.1. The summed E-state index contributed by atoms with van der Waals surface area (Å²) in [4.78, 5) is 26.2. The summed E-state index contributed by atoms with van der Waals surface area (Å²) < 4.78 is 15.9. The van der Waals surface area contributed by atoms with Crippen molar-refractivity contribution >= 4 is 40.8 Å². The van der Waals surface area contributed by atoms with E-state index in [9.17, 15) is 14.7 Å². The van der Waals surface area contributed by atoms with Crippen LogP contribution in [0.5, 0.6) is 0 Å². The van der Waals surface area contributed by atoms with Gasteiger partial charge in [0.1, 0.15) is 17.3 Å². The van der Waals surface area contributed by atoms with E-state index in [4.69, 9.17) is 23.2 Å². The van der Waals surface area contributed by atoms with Crippen LogP contribution < -0.4 is 10.6 Å². The number of benzene rings is 1. The van der Waals surface area contributed by atoms with Crippen molar-refractivity contribution in [3.63, 3.8) is 0 Å². The van der Waals surface area contributed by atoms with Gasteiger partial charge in [0.2, 0.25) is 5.91 Å². The predicted octanol–water partition coefficient (Wildman–Crippen LogP) is 5.70. The van der Waals surface area contributed by atoms with E-state index in [1.54, 1.807) is 18.2 Å². The molecule has 1 aliphatic carbocycles. The van der Waals surface area contributed by atoms with E-state index in [1.165, 1.54) is 18.2 Å². The lowest BCUT2D eigenvalue weighted by atomic mass is 9.54. The molecule has 0 aromatic heterocycles. The number of carbonyl (C=O) groups is 2. The Bertz CT molecular complexity index is 1090. The molecule has 0 radical (unpaired) electrons. The second kappa shape index (κ2) is 8.26. The van der Waals surface area contributed by atoms with Gasteiger partial charge in [0, 0.05) is 21.3 Å². The third-order valence-electron chi connectivity index (χ3n) is 7.55. The fourth-order valence-electron chi connectivity index (χ4n) is 5.94. The van der Waals surface area contributed by atoms with Crippen molar-refractivity contribution < 1.29 is 19.1 Å². The highest BCUT2D eigenvalue weighted by Gasteiger charge is 2.73. The average molecular weight is 493 g/mol. The number of halogens is 3. The summed E-state index contributed by atoms with van der Waals surface area (Å²) >= 11 is 11.9. The first-order valence-electron chi connectivity index (χ1n) is 10.9. The van der Waals surface area contributed by atoms with E-state index in [0.29, 0.717) is 29.1 Å². The molecule has 3 aliphatic rings. The summed E-state index contributed by atoms with van der Waals surface area (Å²) in [6.07, 6.45) is 6.58. The summed E-state index contributed by atoms with van der Waals surface area (Å²) in [5.41, 5.74) is -1.26. The number of carboxylic acids is 1. The fraction of sp³-hybridized carbons (Fsp3) is 0.440. The van der Waals surface area contributed by atoms with Crippen molar-refractivity contribution in [1.29, 1.82) is 0 Å². The maximum absolute atomic E-state index is 15.9. The third-order valence-corrected chi connectivity index (χ3v) is 7.91. The summed E-state index contributed by atoms with van der Waals surface area (Å²) in [5.74, 6) is -3.57. The summed E-state index contributed by atoms with van der Waals surface area (Å²) in [6.45, 7) is 7.85. The molecule has 2 spiro atoms. The largest absolute Gasteiger partial charge is 0.480 e. The highest BCUT2D eigenvalue weighted by Crippen LogP contribution is 2.62. The van der Waals surface area contributed by atoms with Gasteiger partial charge >= 0.3 is 5.97 Å². The van der Waals surface area contributed by atoms with Crippen LogP contribution in [0.3, 0.4) is 0 Å². The fourth-order valence-corrected chi connectivity index (χ4v) is 6.19. The topological polar surface area (TPSA) is 78.4 Å². The first-order chi connectivity index (χ1) is 15.4. The van der Waals surface area contributed by atoms with Crippen LogP contribution >= 0.6 is 23.2 Å². The lowest BCUT2D eigenvalue weighted by Gasteiger charge is -2.50. The Hall–Kier alpha value is -2.15. The van der Waals surface area contributed by atoms with Gasteiger partial charge in [0.05, 0.1) is 5.92 Å². The molecule has 0 bridgehead atoms. The van der Waals surface area contributed by atoms with E-state index < -0.39 is 40.6 Å². The van der Waals surface area contributed by atoms with E-state index in [2.05, 4.69) is 31.1 Å². The van der Waals surface area contributed by atoms with Gasteiger partial charge in [-0.05, 0) is 60.9 Å². The number of allylic oxidation sites excluding steroid dienone is 4. The minimum absolute atomic E-state index is 0.0423. The van der Waals surface area contributed by atoms with Gasteiger partial charge in [0.25, 0.3) is 0 Å². The number of nitrogens with one attached hydrogen (secondary N) is 2. The molecular weight excluding hydrogens is 466 g/mol. The van der Waals surface area contributed by atoms with Crippen LogP contribution in [-0.4, -0.2) is 28.6 Å². The second-order valence-electron chi connectivity index (χ2n) is 9.99. The molecule has 1 amide bonds. The molecule has 4 rings (SSSR count). The molecule has 8 heteroatoms. The minimum Gasteiger partial charge on any atom is -0.480 e. The van der Waals surface area contributed by atoms with Gasteiger partial charge in [-0.3, -0.25) is 14.9 Å². The number of aliphatic carboxylic acids is 1. The van der Waals surface area contributed by atoms with Crippen LogP contribution in [0.25, 0.3) is 0 Å². The zero-order chi connectivity index (χ0) is 24.2. The Morgan fingerprint density at radius 1 is 1.27 bits per heavy atom. The molecule has 2 aliphatic heterocycles. The second-order valence-corrected chi connectivity index (χ2v) is 10.9. The lowest BCUT2D eigenvalue weighted by molar-refractivity contribution is -0.140. The molecule has 176 valence electrons. The molecular formula is C25H27Cl2FN2O3. The van der Waals surface area contributed by atoms with E-state index >= 15 is 4.39 Å². The predicted molar refractivity (Wildman–Crippen MR) is 128 cm³/mol. The van der Waals surface area contributed by atoms with Gasteiger partial charge < -0.3 is 10.4 Å². The number of hydrogen-bond acceptors (Lipinski definition) is 3. The van der Waals surface area contributed by atoms with Gasteiger partial charge in [-0.25, -0.2) is 4.39 Å². The number of amides is 1. The quantitative estimate of drug-likeness (QED) is 0.470. The highest BCUT2D eigenvalue weighted by atomic mass is 35.5. The van der Waals surface area contributed by atoms with E-state index in [1.807, 2.05) is 0 Å². The molecule has 33 heavy (non-hydrogen) atoms. The molecule has 2 fully saturated rings. The number of carboxylic acid groups (broad SMARTS) is 1. The van der Waals surface area contributed by atoms with Crippen LogP contribution in [0.15, 0.2) is 53.9 Å². The first-order valence-corrected chi connectivity index (χ1v) is 11.7. The SMILES string of the molecule is C=C(Cl)/C=C\C=C(/F)[C@H]1[C@H](C(=O)O)NC2(CCC(C)(C)CC2)C12C(=O)Nc1cc(Cl)ccc12. The van der Waals surface area contributed by atoms with Crippen molar-refractivity contribution in [2.45, 2.75) is 56.5 Å². The first kappa shape index (κ1) is 24.0. The number of fused-ring (bicyclic) bond motifs is 3. The molecule has 1 aromatic rings. The van der Waals surface area contributed by atoms with Gasteiger partial charge in [-0.15, -0.1) is 0 Å². The molecule has 1 unspecified atom stereocenters. The Morgan fingerprint density at radius 2 is 1.94 bits per heavy atom. The van der Waals surface area contributed by atoms with Crippen LogP contribution in [0.2, 0.25) is 5.02 Å². The molecule has 5 nitrogen and oxygen atoms in total. The van der Waals surface area contributed by atoms with Crippen molar-refractivity contribution in [3.8, 4) is 0 Å². The Balaban J connectivity index is 1.97. The van der Waals surface area contributed by atoms with Crippen LogP contribution in [0.1, 0.15) is 45.1 Å². The highest BCUT2D eigenvalue weighted by molar-refractivity contribution is 6.31. The van der Waals surface area contributed by atoms with Crippen LogP contribution in [-0.2, 0) is 15.0 Å². The van der Waals surface area contributed by atoms with Gasteiger partial charge in [-0.1, -0.05) is 55.8 Å². The number of rotatable bonds is 4. The normalized spacial score (nSPS) is 30.1. The number of hydrogen-bond donors (Lipinski definition) is 3. The lowest BCUT2D eigenvalue weighted by Crippen LogP contribution is -2.61. The van der Waals surface area contributed by atoms with Crippen molar-refractivity contribution in [2.24, 2.45) is 11.3 Å². The summed E-state index contributed by atoms with van der Waals surface area (Å²) in [7, 11) is 0. The van der Waals surface area contributed by atoms with Crippen LogP contribution in [0.4, 0.5) is 10.1 Å². The van der Waals surface area contributed by atoms with E-state index in [-0.39, 0.29) is 10.4 Å². The average Bonchev–Trinajstić information content (AvgIpc) is 3.18. The van der Waals surface area contributed by atoms with Gasteiger partial charge in [0.15, 0.2) is 0 Å². The molecule has 1 saturated carbocycles. The van der Waals surface area contributed by atoms with Crippen molar-refractivity contribution in [1.82, 2.24) is 5.32 Å². The third kappa shape index (κ3) is 3.72. The molecule has 3 atom stereocenters. The molecule has 1 saturated heterocycles. The summed E-state index contributed by atoms with van der Waals surface area (Å²) in [5, 5.41) is 16.9. The molecule has 3 N–H and O–H groups in total. The zero-order valence-electron chi connectivity index (χ0n) is 18.6. The Morgan fingerprint density at radius 3 is 2.55 bits per heavy atom. The van der Waals surface area contributed by atoms with E-state index in [0.717, 1.165) is 12.8 Å². The maximum atomic E-state index is 15.9. The Labute approximate surface area is 202 Å². The monoisotopic (exact) mass is 492 g/mol. The molecule has 1 aromatic carbocycles. The smallest absolute Gasteiger partial charge is 0.321 e. The van der Waals surface area contributed by atoms with Crippen LogP contribution in [0, 0.1) is 11.3 Å². The molecule has 2 heterocycles. The number of carbonyl (C=O) groups excluding carboxylic acids is 1. The maximum Gasteiger partial charge on any atom is 0.321 e. The van der Waals surface area contributed by atoms with Gasteiger partial charge in [-0.2, -0.15) is 0 Å². The standard InChI is InChI=1S/C25H27Cl2FN2O3/c1-14(26)5-4-6-17(28)19-20(21(31)32)30-24(11-9-23(2,3)10-12-24)25(19)16-8-7-15(27)13-18(16)29-22(25)33/h4-8,13,19-20,30H,1,9-12H2,2-3H3,(H,29,33)(H,31,32)/b5-4-,17-6-/t19-,20+,25?/m0/s1.